The van der Waals surface area contributed by atoms with Crippen LogP contribution in [0, 0.1) is 0 Å². The zero-order valence-corrected chi connectivity index (χ0v) is 10.6. The second-order valence-corrected chi connectivity index (χ2v) is 5.36. The highest BCUT2D eigenvalue weighted by Gasteiger charge is 2.27. The average molecular weight is 307 g/mol. The molecular formula is C9H7Cl2F3O2S. The monoisotopic (exact) mass is 306 g/mol. The Kier molecular flexibility index (Phi) is 5.24. The van der Waals surface area contributed by atoms with Crippen LogP contribution in [-0.4, -0.2) is 25.2 Å². The van der Waals surface area contributed by atoms with Crippen LogP contribution in [0.1, 0.15) is 16.8 Å². The van der Waals surface area contributed by atoms with Gasteiger partial charge >= 0.3 is 6.18 Å². The van der Waals surface area contributed by atoms with E-state index in [0.29, 0.717) is 4.34 Å². The number of ether oxygens (including phenoxy) is 1. The lowest BCUT2D eigenvalue weighted by Gasteiger charge is -2.06. The van der Waals surface area contributed by atoms with Gasteiger partial charge in [-0.15, -0.1) is 11.3 Å². The summed E-state index contributed by atoms with van der Waals surface area (Å²) in [5.74, 6) is -0.389. The van der Waals surface area contributed by atoms with Gasteiger partial charge in [0.05, 0.1) is 10.9 Å². The van der Waals surface area contributed by atoms with E-state index >= 15 is 0 Å². The molecule has 0 aliphatic carbocycles. The fourth-order valence-electron chi connectivity index (χ4n) is 1.02. The van der Waals surface area contributed by atoms with Crippen LogP contribution < -0.4 is 0 Å². The molecule has 17 heavy (non-hydrogen) atoms. The van der Waals surface area contributed by atoms with Crippen molar-refractivity contribution in [3.05, 3.63) is 20.3 Å². The number of ketones is 1. The molecule has 0 atom stereocenters. The summed E-state index contributed by atoms with van der Waals surface area (Å²) in [5.41, 5.74) is 0.220. The second kappa shape index (κ2) is 6.04. The summed E-state index contributed by atoms with van der Waals surface area (Å²) in [6.45, 7) is -1.67. The van der Waals surface area contributed by atoms with Gasteiger partial charge in [0.1, 0.15) is 10.9 Å². The first-order chi connectivity index (χ1) is 7.79. The molecule has 0 saturated heterocycles. The molecule has 0 radical (unpaired) electrons. The van der Waals surface area contributed by atoms with Gasteiger partial charge < -0.3 is 4.74 Å². The van der Waals surface area contributed by atoms with Crippen LogP contribution >= 0.6 is 34.5 Å². The minimum absolute atomic E-state index is 0.164. The van der Waals surface area contributed by atoms with E-state index < -0.39 is 12.8 Å². The average Bonchev–Trinajstić information content (AvgIpc) is 2.51. The fourth-order valence-corrected chi connectivity index (χ4v) is 2.52. The van der Waals surface area contributed by atoms with Crippen molar-refractivity contribution >= 4 is 40.3 Å². The molecule has 8 heteroatoms. The predicted molar refractivity (Wildman–Crippen MR) is 60.2 cm³/mol. The number of hydrogen-bond donors (Lipinski definition) is 0. The number of Topliss-reactive ketones (excluding diaryl/α,β-unsaturated/α-hetero) is 1. The molecule has 0 aliphatic heterocycles. The van der Waals surface area contributed by atoms with Gasteiger partial charge in [0, 0.05) is 12.0 Å². The number of hydrogen-bond acceptors (Lipinski definition) is 3. The van der Waals surface area contributed by atoms with Crippen molar-refractivity contribution in [2.75, 3.05) is 13.2 Å². The van der Waals surface area contributed by atoms with E-state index in [1.54, 1.807) is 0 Å². The van der Waals surface area contributed by atoms with Gasteiger partial charge in [0.15, 0.2) is 5.78 Å². The Labute approximate surface area is 109 Å². The first-order valence-corrected chi connectivity index (χ1v) is 5.99. The molecule has 1 aromatic heterocycles. The lowest BCUT2D eigenvalue weighted by atomic mass is 10.2. The topological polar surface area (TPSA) is 26.3 Å². The number of thiophene rings is 1. The zero-order valence-electron chi connectivity index (χ0n) is 8.31. The van der Waals surface area contributed by atoms with E-state index in [1.165, 1.54) is 6.07 Å². The van der Waals surface area contributed by atoms with E-state index in [9.17, 15) is 18.0 Å². The molecule has 0 aromatic carbocycles. The zero-order chi connectivity index (χ0) is 13.1. The van der Waals surface area contributed by atoms with Crippen LogP contribution in [-0.2, 0) is 4.74 Å². The molecule has 0 fully saturated rings. The van der Waals surface area contributed by atoms with Crippen molar-refractivity contribution < 1.29 is 22.7 Å². The summed E-state index contributed by atoms with van der Waals surface area (Å²) in [5, 5.41) is 0. The van der Waals surface area contributed by atoms with Crippen LogP contribution in [0.4, 0.5) is 13.2 Å². The van der Waals surface area contributed by atoms with Crippen molar-refractivity contribution in [3.63, 3.8) is 0 Å². The summed E-state index contributed by atoms with van der Waals surface area (Å²) in [4.78, 5) is 11.5. The van der Waals surface area contributed by atoms with Gasteiger partial charge in [0.2, 0.25) is 0 Å². The largest absolute Gasteiger partial charge is 0.411 e. The van der Waals surface area contributed by atoms with Gasteiger partial charge in [-0.1, -0.05) is 23.2 Å². The Morgan fingerprint density at radius 1 is 1.41 bits per heavy atom. The lowest BCUT2D eigenvalue weighted by Crippen LogP contribution is -2.18. The van der Waals surface area contributed by atoms with E-state index in [2.05, 4.69) is 4.74 Å². The van der Waals surface area contributed by atoms with Gasteiger partial charge in [-0.2, -0.15) is 13.2 Å². The molecule has 0 amide bonds. The first-order valence-electron chi connectivity index (χ1n) is 4.42. The maximum atomic E-state index is 11.7. The van der Waals surface area contributed by atoms with E-state index in [1.807, 2.05) is 0 Å². The first kappa shape index (κ1) is 14.8. The molecule has 0 spiro atoms. The van der Waals surface area contributed by atoms with Gasteiger partial charge in [-0.3, -0.25) is 4.79 Å². The minimum Gasteiger partial charge on any atom is -0.372 e. The van der Waals surface area contributed by atoms with Crippen LogP contribution in [0.25, 0.3) is 0 Å². The predicted octanol–water partition coefficient (Wildman–Crippen LogP) is 4.21. The van der Waals surface area contributed by atoms with E-state index in [-0.39, 0.29) is 28.7 Å². The number of rotatable bonds is 5. The van der Waals surface area contributed by atoms with Crippen molar-refractivity contribution in [2.45, 2.75) is 12.6 Å². The molecule has 1 rings (SSSR count). The Morgan fingerprint density at radius 2 is 2.06 bits per heavy atom. The van der Waals surface area contributed by atoms with Crippen molar-refractivity contribution in [3.8, 4) is 0 Å². The molecule has 0 aliphatic rings. The molecule has 1 heterocycles. The van der Waals surface area contributed by atoms with E-state index in [0.717, 1.165) is 11.3 Å². The van der Waals surface area contributed by atoms with E-state index in [4.69, 9.17) is 23.2 Å². The van der Waals surface area contributed by atoms with Crippen molar-refractivity contribution in [2.24, 2.45) is 0 Å². The Bertz CT molecular complexity index is 403. The second-order valence-electron chi connectivity index (χ2n) is 3.08. The molecule has 0 N–H and O–H groups in total. The Balaban J connectivity index is 2.38. The van der Waals surface area contributed by atoms with Gasteiger partial charge in [-0.05, 0) is 6.07 Å². The fraction of sp³-hybridized carbons (Fsp3) is 0.444. The molecule has 1 aromatic rings. The van der Waals surface area contributed by atoms with Crippen molar-refractivity contribution in [1.29, 1.82) is 0 Å². The quantitative estimate of drug-likeness (QED) is 0.602. The molecule has 96 valence electrons. The highest BCUT2D eigenvalue weighted by atomic mass is 35.5. The summed E-state index contributed by atoms with van der Waals surface area (Å²) >= 11 is 12.4. The maximum absolute atomic E-state index is 11.7. The normalized spacial score (nSPS) is 11.8. The van der Waals surface area contributed by atoms with Crippen LogP contribution in [0.3, 0.4) is 0 Å². The summed E-state index contributed by atoms with van der Waals surface area (Å²) in [6.07, 6.45) is -4.55. The highest BCUT2D eigenvalue weighted by Crippen LogP contribution is 2.31. The number of carbonyl (C=O) groups excluding carboxylic acids is 1. The molecule has 2 nitrogen and oxygen atoms in total. The van der Waals surface area contributed by atoms with Gasteiger partial charge in [-0.25, -0.2) is 0 Å². The summed E-state index contributed by atoms with van der Waals surface area (Å²) < 4.78 is 40.1. The molecule has 0 saturated carbocycles. The molecule has 0 bridgehead atoms. The van der Waals surface area contributed by atoms with Crippen LogP contribution in [0.15, 0.2) is 6.07 Å². The number of alkyl halides is 3. The number of halogens is 5. The van der Waals surface area contributed by atoms with Crippen LogP contribution in [0.2, 0.25) is 8.67 Å². The summed E-state index contributed by atoms with van der Waals surface area (Å²) in [7, 11) is 0. The SMILES string of the molecule is O=C(CCOCC(F)(F)F)c1cc(Cl)sc1Cl. The number of carbonyl (C=O) groups is 1. The smallest absolute Gasteiger partial charge is 0.372 e. The Hall–Kier alpha value is -0.300. The van der Waals surface area contributed by atoms with Crippen LogP contribution in [0.5, 0.6) is 0 Å². The lowest BCUT2D eigenvalue weighted by molar-refractivity contribution is -0.173. The maximum Gasteiger partial charge on any atom is 0.411 e. The summed E-state index contributed by atoms with van der Waals surface area (Å²) in [6, 6.07) is 1.39. The standard InChI is InChI=1S/C9H7Cl2F3O2S/c10-7-3-5(8(11)17-7)6(15)1-2-16-4-9(12,13)14/h3H,1-2,4H2. The Morgan fingerprint density at radius 3 is 2.53 bits per heavy atom. The van der Waals surface area contributed by atoms with Gasteiger partial charge in [0.25, 0.3) is 0 Å². The third-order valence-corrected chi connectivity index (χ3v) is 3.18. The highest BCUT2D eigenvalue weighted by molar-refractivity contribution is 7.20. The van der Waals surface area contributed by atoms with Crippen molar-refractivity contribution in [1.82, 2.24) is 0 Å². The third-order valence-electron chi connectivity index (χ3n) is 1.70. The third kappa shape index (κ3) is 5.25. The molecular weight excluding hydrogens is 300 g/mol. The minimum atomic E-state index is -4.38. The molecule has 0 unspecified atom stereocenters.